The highest BCUT2D eigenvalue weighted by atomic mass is 16.4. The van der Waals surface area contributed by atoms with E-state index in [9.17, 15) is 5.11 Å². The van der Waals surface area contributed by atoms with Crippen molar-refractivity contribution in [2.24, 2.45) is 11.8 Å². The van der Waals surface area contributed by atoms with Crippen LogP contribution in [-0.2, 0) is 0 Å². The number of para-hydroxylation sites is 2. The minimum Gasteiger partial charge on any atom is -0.423 e. The van der Waals surface area contributed by atoms with Crippen molar-refractivity contribution in [3.63, 3.8) is 0 Å². The Morgan fingerprint density at radius 2 is 2.24 bits per heavy atom. The molecule has 4 rings (SSSR count). The van der Waals surface area contributed by atoms with Crippen LogP contribution < -0.4 is 4.90 Å². The van der Waals surface area contributed by atoms with Crippen LogP contribution >= 0.6 is 0 Å². The molecule has 2 fully saturated rings. The lowest BCUT2D eigenvalue weighted by atomic mass is 9.69. The first-order valence-corrected chi connectivity index (χ1v) is 8.02. The summed E-state index contributed by atoms with van der Waals surface area (Å²) in [4.78, 5) is 6.83. The number of rotatable bonds is 2. The fraction of sp³-hybridized carbons (Fsp3) is 0.588. The molecule has 4 heteroatoms. The summed E-state index contributed by atoms with van der Waals surface area (Å²) in [6.07, 6.45) is 4.12. The van der Waals surface area contributed by atoms with Gasteiger partial charge in [0.1, 0.15) is 5.52 Å². The monoisotopic (exact) mass is 286 g/mol. The lowest BCUT2D eigenvalue weighted by Crippen LogP contribution is -2.44. The van der Waals surface area contributed by atoms with E-state index in [-0.39, 0.29) is 0 Å². The van der Waals surface area contributed by atoms with Gasteiger partial charge in [-0.15, -0.1) is 0 Å². The van der Waals surface area contributed by atoms with Gasteiger partial charge in [0.25, 0.3) is 6.01 Å². The van der Waals surface area contributed by atoms with Crippen molar-refractivity contribution in [2.45, 2.75) is 38.2 Å². The number of benzene rings is 1. The number of hydrogen-bond donors (Lipinski definition) is 1. The van der Waals surface area contributed by atoms with Crippen molar-refractivity contribution in [3.8, 4) is 0 Å². The predicted octanol–water partition coefficient (Wildman–Crippen LogP) is 3.21. The van der Waals surface area contributed by atoms with Crippen molar-refractivity contribution in [1.82, 2.24) is 4.98 Å². The lowest BCUT2D eigenvalue weighted by Gasteiger charge is -2.40. The lowest BCUT2D eigenvalue weighted by molar-refractivity contribution is -0.0597. The minimum atomic E-state index is -0.496. The molecular weight excluding hydrogens is 264 g/mol. The molecule has 1 N–H and O–H groups in total. The zero-order chi connectivity index (χ0) is 14.4. The normalized spacial score (nSPS) is 32.6. The molecule has 0 unspecified atom stereocenters. The second-order valence-electron chi connectivity index (χ2n) is 6.59. The Morgan fingerprint density at radius 3 is 3.05 bits per heavy atom. The fourth-order valence-electron chi connectivity index (χ4n) is 4.22. The van der Waals surface area contributed by atoms with Crippen LogP contribution in [0.15, 0.2) is 28.7 Å². The van der Waals surface area contributed by atoms with Crippen molar-refractivity contribution in [1.29, 1.82) is 0 Å². The van der Waals surface area contributed by atoms with Gasteiger partial charge in [0.2, 0.25) is 0 Å². The molecule has 2 heterocycles. The number of hydrogen-bond acceptors (Lipinski definition) is 4. The zero-order valence-electron chi connectivity index (χ0n) is 12.5. The van der Waals surface area contributed by atoms with E-state index in [1.807, 2.05) is 24.3 Å². The van der Waals surface area contributed by atoms with Crippen molar-refractivity contribution in [3.05, 3.63) is 24.3 Å². The van der Waals surface area contributed by atoms with E-state index in [1.165, 1.54) is 6.42 Å². The van der Waals surface area contributed by atoms with Crippen LogP contribution in [0.2, 0.25) is 0 Å². The number of anilines is 1. The van der Waals surface area contributed by atoms with Gasteiger partial charge < -0.3 is 14.4 Å². The second-order valence-corrected chi connectivity index (χ2v) is 6.59. The second kappa shape index (κ2) is 4.73. The summed E-state index contributed by atoms with van der Waals surface area (Å²) in [5.41, 5.74) is 1.25. The average molecular weight is 286 g/mol. The van der Waals surface area contributed by atoms with Gasteiger partial charge in [-0.2, -0.15) is 4.98 Å². The molecule has 1 aromatic heterocycles. The van der Waals surface area contributed by atoms with Gasteiger partial charge in [-0.1, -0.05) is 25.5 Å². The van der Waals surface area contributed by atoms with Gasteiger partial charge in [-0.05, 0) is 37.3 Å². The number of oxazole rings is 1. The molecular formula is C17H22N2O2. The number of aliphatic hydroxyl groups is 1. The SMILES string of the molecule is CC[C@]1(O)CCC[C@H]2CN(c3nc4ccccc4o3)C[C@H]21. The average Bonchev–Trinajstić information content (AvgIpc) is 3.11. The Bertz CT molecular complexity index is 620. The molecule has 112 valence electrons. The molecule has 0 radical (unpaired) electrons. The molecule has 0 bridgehead atoms. The smallest absolute Gasteiger partial charge is 0.298 e. The topological polar surface area (TPSA) is 49.5 Å². The maximum Gasteiger partial charge on any atom is 0.298 e. The molecule has 0 spiro atoms. The van der Waals surface area contributed by atoms with Gasteiger partial charge in [-0.3, -0.25) is 0 Å². The molecule has 1 aromatic carbocycles. The summed E-state index contributed by atoms with van der Waals surface area (Å²) in [5, 5.41) is 10.9. The van der Waals surface area contributed by atoms with Gasteiger partial charge in [0, 0.05) is 19.0 Å². The standard InChI is InChI=1S/C17H22N2O2/c1-2-17(20)9-5-6-12-10-19(11-13(12)17)16-18-14-7-3-4-8-15(14)21-16/h3-4,7-8,12-13,20H,2,5-6,9-11H2,1H3/t12-,13+,17-/m0/s1. The first-order valence-electron chi connectivity index (χ1n) is 8.02. The van der Waals surface area contributed by atoms with Crippen molar-refractivity contribution in [2.75, 3.05) is 18.0 Å². The third kappa shape index (κ3) is 2.04. The number of fused-ring (bicyclic) bond motifs is 2. The molecule has 1 aliphatic carbocycles. The van der Waals surface area contributed by atoms with Crippen LogP contribution in [0.25, 0.3) is 11.1 Å². The molecule has 2 aliphatic rings. The Kier molecular flexibility index (Phi) is 2.96. The van der Waals surface area contributed by atoms with E-state index in [0.29, 0.717) is 17.9 Å². The predicted molar refractivity (Wildman–Crippen MR) is 82.3 cm³/mol. The van der Waals surface area contributed by atoms with Crippen LogP contribution in [0.3, 0.4) is 0 Å². The maximum absolute atomic E-state index is 10.9. The van der Waals surface area contributed by atoms with Crippen LogP contribution in [0, 0.1) is 11.8 Å². The van der Waals surface area contributed by atoms with Gasteiger partial charge in [-0.25, -0.2) is 0 Å². The van der Waals surface area contributed by atoms with Crippen molar-refractivity contribution >= 4 is 17.1 Å². The molecule has 4 nitrogen and oxygen atoms in total. The molecule has 0 amide bonds. The molecule has 1 aliphatic heterocycles. The largest absolute Gasteiger partial charge is 0.423 e. The Morgan fingerprint density at radius 1 is 1.38 bits per heavy atom. The van der Waals surface area contributed by atoms with Crippen LogP contribution in [0.5, 0.6) is 0 Å². The molecule has 1 saturated carbocycles. The summed E-state index contributed by atoms with van der Waals surface area (Å²) in [7, 11) is 0. The highest BCUT2D eigenvalue weighted by Gasteiger charge is 2.48. The zero-order valence-corrected chi connectivity index (χ0v) is 12.5. The highest BCUT2D eigenvalue weighted by Crippen LogP contribution is 2.45. The summed E-state index contributed by atoms with van der Waals surface area (Å²) >= 11 is 0. The van der Waals surface area contributed by atoms with E-state index in [0.717, 1.165) is 43.5 Å². The Labute approximate surface area is 124 Å². The van der Waals surface area contributed by atoms with Crippen molar-refractivity contribution < 1.29 is 9.52 Å². The number of nitrogens with zero attached hydrogens (tertiary/aromatic N) is 2. The van der Waals surface area contributed by atoms with E-state index in [1.54, 1.807) is 0 Å². The first kappa shape index (κ1) is 13.1. The van der Waals surface area contributed by atoms with Crippen LogP contribution in [0.1, 0.15) is 32.6 Å². The summed E-state index contributed by atoms with van der Waals surface area (Å²) < 4.78 is 5.89. The Hall–Kier alpha value is -1.55. The molecule has 3 atom stereocenters. The fourth-order valence-corrected chi connectivity index (χ4v) is 4.22. The molecule has 1 saturated heterocycles. The summed E-state index contributed by atoms with van der Waals surface area (Å²) in [5.74, 6) is 0.921. The first-order chi connectivity index (χ1) is 10.2. The van der Waals surface area contributed by atoms with Crippen LogP contribution in [0.4, 0.5) is 6.01 Å². The maximum atomic E-state index is 10.9. The molecule has 21 heavy (non-hydrogen) atoms. The van der Waals surface area contributed by atoms with Gasteiger partial charge >= 0.3 is 0 Å². The quantitative estimate of drug-likeness (QED) is 0.921. The van der Waals surface area contributed by atoms with Gasteiger partial charge in [0.15, 0.2) is 5.58 Å². The minimum absolute atomic E-state index is 0.353. The Balaban J connectivity index is 1.63. The van der Waals surface area contributed by atoms with E-state index in [4.69, 9.17) is 4.42 Å². The summed E-state index contributed by atoms with van der Waals surface area (Å²) in [6.45, 7) is 3.92. The highest BCUT2D eigenvalue weighted by molar-refractivity contribution is 5.74. The molecule has 2 aromatic rings. The van der Waals surface area contributed by atoms with Crippen LogP contribution in [-0.4, -0.2) is 28.8 Å². The van der Waals surface area contributed by atoms with E-state index >= 15 is 0 Å². The van der Waals surface area contributed by atoms with E-state index in [2.05, 4.69) is 16.8 Å². The number of aromatic nitrogens is 1. The summed E-state index contributed by atoms with van der Waals surface area (Å²) in [6, 6.07) is 8.60. The van der Waals surface area contributed by atoms with E-state index < -0.39 is 5.60 Å². The third-order valence-corrected chi connectivity index (χ3v) is 5.48. The third-order valence-electron chi connectivity index (χ3n) is 5.48. The van der Waals surface area contributed by atoms with Gasteiger partial charge in [0.05, 0.1) is 5.60 Å².